The van der Waals surface area contributed by atoms with E-state index in [-0.39, 0.29) is 28.4 Å². The van der Waals surface area contributed by atoms with E-state index in [1.54, 1.807) is 12.1 Å². The topological polar surface area (TPSA) is 62.5 Å². The van der Waals surface area contributed by atoms with Gasteiger partial charge in [0, 0.05) is 5.56 Å². The lowest BCUT2D eigenvalue weighted by Gasteiger charge is -2.10. The Morgan fingerprint density at radius 1 is 1.18 bits per heavy atom. The van der Waals surface area contributed by atoms with Crippen LogP contribution in [0.4, 0.5) is 4.39 Å². The predicted octanol–water partition coefficient (Wildman–Crippen LogP) is 3.61. The summed E-state index contributed by atoms with van der Waals surface area (Å²) in [7, 11) is 2.81. The molecule has 4 nitrogen and oxygen atoms in total. The van der Waals surface area contributed by atoms with Crippen LogP contribution in [-0.2, 0) is 0 Å². The largest absolute Gasteiger partial charge is 0.502 e. The minimum atomic E-state index is -0.479. The average molecular weight is 299 g/mol. The minimum Gasteiger partial charge on any atom is -0.502 e. The number of phenolic OH excluding ortho intramolecular Hbond substituents is 1. The van der Waals surface area contributed by atoms with Crippen LogP contribution < -0.4 is 9.47 Å². The molecule has 0 amide bonds. The molecule has 2 aromatic carbocycles. The Kier molecular flexibility index (Phi) is 4.64. The Hall–Kier alpha value is -3.00. The third-order valence-electron chi connectivity index (χ3n) is 3.10. The SMILES string of the molecule is COc1cc(/C=C(/C#N)c2ccccc2F)cc(OC)c1O. The van der Waals surface area contributed by atoms with Gasteiger partial charge in [0.15, 0.2) is 11.5 Å². The molecule has 1 N–H and O–H groups in total. The molecule has 2 aromatic rings. The highest BCUT2D eigenvalue weighted by Crippen LogP contribution is 2.38. The minimum absolute atomic E-state index is 0.133. The van der Waals surface area contributed by atoms with Gasteiger partial charge in [0.05, 0.1) is 25.9 Å². The first kappa shape index (κ1) is 15.4. The summed E-state index contributed by atoms with van der Waals surface area (Å²) in [6.07, 6.45) is 1.50. The molecule has 0 atom stereocenters. The van der Waals surface area contributed by atoms with Gasteiger partial charge in [-0.1, -0.05) is 18.2 Å². The summed E-state index contributed by atoms with van der Waals surface area (Å²) in [6.45, 7) is 0. The average Bonchev–Trinajstić information content (AvgIpc) is 2.54. The number of nitrogens with zero attached hydrogens (tertiary/aromatic N) is 1. The van der Waals surface area contributed by atoms with Crippen LogP contribution in [0.2, 0.25) is 0 Å². The fourth-order valence-electron chi connectivity index (χ4n) is 2.01. The van der Waals surface area contributed by atoms with Crippen molar-refractivity contribution in [3.63, 3.8) is 0 Å². The van der Waals surface area contributed by atoms with Crippen LogP contribution in [0.1, 0.15) is 11.1 Å². The molecule has 0 aliphatic carbocycles. The van der Waals surface area contributed by atoms with Gasteiger partial charge in [-0.05, 0) is 29.8 Å². The second kappa shape index (κ2) is 6.64. The zero-order valence-corrected chi connectivity index (χ0v) is 12.1. The van der Waals surface area contributed by atoms with Crippen molar-refractivity contribution in [2.45, 2.75) is 0 Å². The van der Waals surface area contributed by atoms with Gasteiger partial charge in [-0.25, -0.2) is 4.39 Å². The maximum Gasteiger partial charge on any atom is 0.200 e. The van der Waals surface area contributed by atoms with Crippen LogP contribution in [0.5, 0.6) is 17.2 Å². The summed E-state index contributed by atoms with van der Waals surface area (Å²) in [5.74, 6) is -0.201. The first-order valence-electron chi connectivity index (χ1n) is 6.42. The molecule has 0 radical (unpaired) electrons. The van der Waals surface area contributed by atoms with E-state index in [1.807, 2.05) is 6.07 Å². The highest BCUT2D eigenvalue weighted by atomic mass is 19.1. The number of allylic oxidation sites excluding steroid dienone is 1. The number of rotatable bonds is 4. The van der Waals surface area contributed by atoms with Crippen molar-refractivity contribution < 1.29 is 19.0 Å². The number of methoxy groups -OCH3 is 2. The molecule has 0 bridgehead atoms. The molecule has 0 saturated carbocycles. The Morgan fingerprint density at radius 3 is 2.27 bits per heavy atom. The van der Waals surface area contributed by atoms with E-state index in [0.717, 1.165) is 0 Å². The van der Waals surface area contributed by atoms with Crippen molar-refractivity contribution in [3.05, 3.63) is 53.3 Å². The van der Waals surface area contributed by atoms with Crippen molar-refractivity contribution in [3.8, 4) is 23.3 Å². The third-order valence-corrected chi connectivity index (χ3v) is 3.10. The van der Waals surface area contributed by atoms with Crippen molar-refractivity contribution in [1.29, 1.82) is 5.26 Å². The van der Waals surface area contributed by atoms with Gasteiger partial charge in [-0.2, -0.15) is 5.26 Å². The standard InChI is InChI=1S/C17H14FNO3/c1-21-15-8-11(9-16(22-2)17(15)20)7-12(10-19)13-5-3-4-6-14(13)18/h3-9,20H,1-2H3/b12-7-. The molecule has 0 aliphatic heterocycles. The third kappa shape index (κ3) is 3.01. The molecule has 112 valence electrons. The number of halogens is 1. The molecule has 0 unspecified atom stereocenters. The van der Waals surface area contributed by atoms with E-state index in [9.17, 15) is 14.8 Å². The fourth-order valence-corrected chi connectivity index (χ4v) is 2.01. The van der Waals surface area contributed by atoms with Crippen LogP contribution in [0.15, 0.2) is 36.4 Å². The normalized spacial score (nSPS) is 10.9. The van der Waals surface area contributed by atoms with Gasteiger partial charge >= 0.3 is 0 Å². The van der Waals surface area contributed by atoms with Gasteiger partial charge in [0.2, 0.25) is 5.75 Å². The number of hydrogen-bond acceptors (Lipinski definition) is 4. The maximum absolute atomic E-state index is 13.8. The number of phenols is 1. The lowest BCUT2D eigenvalue weighted by Crippen LogP contribution is -1.91. The van der Waals surface area contributed by atoms with E-state index in [2.05, 4.69) is 0 Å². The number of nitriles is 1. The van der Waals surface area contributed by atoms with Crippen molar-refractivity contribution in [1.82, 2.24) is 0 Å². The molecular weight excluding hydrogens is 285 g/mol. The van der Waals surface area contributed by atoms with Gasteiger partial charge in [0.1, 0.15) is 5.82 Å². The maximum atomic E-state index is 13.8. The van der Waals surface area contributed by atoms with E-state index in [1.165, 1.54) is 44.6 Å². The molecular formula is C17H14FNO3. The molecule has 0 spiro atoms. The van der Waals surface area contributed by atoms with Gasteiger partial charge < -0.3 is 14.6 Å². The first-order valence-corrected chi connectivity index (χ1v) is 6.42. The summed E-state index contributed by atoms with van der Waals surface area (Å²) >= 11 is 0. The highest BCUT2D eigenvalue weighted by Gasteiger charge is 2.12. The molecule has 0 heterocycles. The summed E-state index contributed by atoms with van der Waals surface area (Å²) in [6, 6.07) is 11.1. The van der Waals surface area contributed by atoms with Crippen molar-refractivity contribution >= 4 is 11.6 Å². The number of ether oxygens (including phenoxy) is 2. The summed E-state index contributed by atoms with van der Waals surface area (Å²) in [4.78, 5) is 0. The second-order valence-corrected chi connectivity index (χ2v) is 4.42. The molecule has 0 saturated heterocycles. The van der Waals surface area contributed by atoms with Gasteiger partial charge in [-0.15, -0.1) is 0 Å². The molecule has 0 aliphatic rings. The number of benzene rings is 2. The molecule has 22 heavy (non-hydrogen) atoms. The number of aromatic hydroxyl groups is 1. The van der Waals surface area contributed by atoms with Crippen molar-refractivity contribution in [2.75, 3.05) is 14.2 Å². The highest BCUT2D eigenvalue weighted by molar-refractivity contribution is 5.90. The second-order valence-electron chi connectivity index (χ2n) is 4.42. The van der Waals surface area contributed by atoms with Crippen LogP contribution >= 0.6 is 0 Å². The Morgan fingerprint density at radius 2 is 1.77 bits per heavy atom. The summed E-state index contributed by atoms with van der Waals surface area (Å²) < 4.78 is 23.9. The van der Waals surface area contributed by atoms with Crippen LogP contribution in [-0.4, -0.2) is 19.3 Å². The Labute approximate surface area is 127 Å². The predicted molar refractivity (Wildman–Crippen MR) is 81.1 cm³/mol. The van der Waals surface area contributed by atoms with E-state index in [4.69, 9.17) is 9.47 Å². The molecule has 0 fully saturated rings. The lowest BCUT2D eigenvalue weighted by molar-refractivity contribution is 0.340. The van der Waals surface area contributed by atoms with E-state index in [0.29, 0.717) is 5.56 Å². The summed E-state index contributed by atoms with van der Waals surface area (Å²) in [5, 5.41) is 19.1. The van der Waals surface area contributed by atoms with Crippen molar-refractivity contribution in [2.24, 2.45) is 0 Å². The molecule has 5 heteroatoms. The zero-order chi connectivity index (χ0) is 16.1. The Bertz CT molecular complexity index is 738. The zero-order valence-electron chi connectivity index (χ0n) is 12.1. The lowest BCUT2D eigenvalue weighted by atomic mass is 10.0. The molecule has 2 rings (SSSR count). The summed E-state index contributed by atoms with van der Waals surface area (Å²) in [5.41, 5.74) is 0.912. The van der Waals surface area contributed by atoms with Gasteiger partial charge in [0.25, 0.3) is 0 Å². The monoisotopic (exact) mass is 299 g/mol. The van der Waals surface area contributed by atoms with E-state index >= 15 is 0 Å². The van der Waals surface area contributed by atoms with Gasteiger partial charge in [-0.3, -0.25) is 0 Å². The first-order chi connectivity index (χ1) is 10.6. The van der Waals surface area contributed by atoms with Crippen LogP contribution in [0.3, 0.4) is 0 Å². The van der Waals surface area contributed by atoms with E-state index < -0.39 is 5.82 Å². The quantitative estimate of drug-likeness (QED) is 0.692. The number of hydrogen-bond donors (Lipinski definition) is 1. The fraction of sp³-hybridized carbons (Fsp3) is 0.118. The molecule has 0 aromatic heterocycles. The smallest absolute Gasteiger partial charge is 0.200 e. The Balaban J connectivity index is 2.56. The van der Waals surface area contributed by atoms with Crippen LogP contribution in [0, 0.1) is 17.1 Å². The van der Waals surface area contributed by atoms with Crippen LogP contribution in [0.25, 0.3) is 11.6 Å².